The topological polar surface area (TPSA) is 75.7 Å². The number of esters is 1. The fraction of sp³-hybridized carbons (Fsp3) is 0.750. The van der Waals surface area contributed by atoms with Crippen molar-refractivity contribution in [3.8, 4) is 0 Å². The Hall–Kier alpha value is -2.29. The quantitative estimate of drug-likeness (QED) is 0.177. The van der Waals surface area contributed by atoms with E-state index in [-0.39, 0.29) is 33.8 Å². The molecule has 0 amide bonds. The lowest BCUT2D eigenvalue weighted by Crippen LogP contribution is -2.68. The molecule has 1 aromatic carbocycles. The summed E-state index contributed by atoms with van der Waals surface area (Å²) in [6.45, 7) is 22.7. The van der Waals surface area contributed by atoms with Crippen molar-refractivity contribution in [3.63, 3.8) is 0 Å². The highest BCUT2D eigenvalue weighted by molar-refractivity contribution is 7.91. The number of alkyl halides is 1. The summed E-state index contributed by atoms with van der Waals surface area (Å²) < 4.78 is 45.2. The second-order valence-corrected chi connectivity index (χ2v) is 24.8. The number of rotatable bonds is 11. The Bertz CT molecular complexity index is 1960. The minimum atomic E-state index is -2.91. The minimum Gasteiger partial charge on any atom is -0.460 e. The number of hydrogen-bond donors (Lipinski definition) is 1. The van der Waals surface area contributed by atoms with Gasteiger partial charge in [-0.1, -0.05) is 82.7 Å². The van der Waals surface area contributed by atoms with E-state index in [9.17, 15) is 17.6 Å². The summed E-state index contributed by atoms with van der Waals surface area (Å²) >= 11 is 0. The van der Waals surface area contributed by atoms with E-state index in [1.54, 1.807) is 0 Å². The van der Waals surface area contributed by atoms with Gasteiger partial charge in [0.05, 0.1) is 16.9 Å². The van der Waals surface area contributed by atoms with E-state index in [0.29, 0.717) is 66.9 Å². The van der Waals surface area contributed by atoms with E-state index in [1.807, 2.05) is 30.3 Å². The highest BCUT2D eigenvalue weighted by Crippen LogP contribution is 2.76. The average molecular weight is 845 g/mol. The van der Waals surface area contributed by atoms with Gasteiger partial charge in [-0.15, -0.1) is 6.58 Å². The number of ether oxygens (including phenoxy) is 1. The van der Waals surface area contributed by atoms with Gasteiger partial charge in [0, 0.05) is 25.2 Å². The molecule has 1 saturated heterocycles. The Morgan fingerprint density at radius 2 is 1.68 bits per heavy atom. The predicted octanol–water partition coefficient (Wildman–Crippen LogP) is 10.8. The maximum Gasteiger partial charge on any atom is 0.315 e. The van der Waals surface area contributed by atoms with Crippen LogP contribution in [0.1, 0.15) is 137 Å². The third kappa shape index (κ3) is 7.54. The van der Waals surface area contributed by atoms with Gasteiger partial charge in [-0.2, -0.15) is 0 Å². The summed E-state index contributed by atoms with van der Waals surface area (Å²) in [5, 5.41) is 4.27. The molecule has 7 aliphatic rings. The van der Waals surface area contributed by atoms with Crippen LogP contribution in [0.2, 0.25) is 0 Å². The van der Waals surface area contributed by atoms with Gasteiger partial charge in [0.25, 0.3) is 0 Å². The smallest absolute Gasteiger partial charge is 0.315 e. The van der Waals surface area contributed by atoms with Crippen molar-refractivity contribution in [2.45, 2.75) is 144 Å². The maximum atomic E-state index is 14.8. The van der Waals surface area contributed by atoms with Crippen molar-refractivity contribution in [1.29, 1.82) is 0 Å². The lowest BCUT2D eigenvalue weighted by molar-refractivity contribution is -0.222. The van der Waals surface area contributed by atoms with Crippen molar-refractivity contribution >= 4 is 15.8 Å². The van der Waals surface area contributed by atoms with E-state index >= 15 is 0 Å². The number of benzene rings is 1. The number of fused-ring (bicyclic) bond motifs is 7. The summed E-state index contributed by atoms with van der Waals surface area (Å²) in [5.74, 6) is 3.42. The van der Waals surface area contributed by atoms with Gasteiger partial charge in [-0.05, 0) is 171 Å². The molecule has 6 aliphatic carbocycles. The molecule has 60 heavy (non-hydrogen) atoms. The first-order chi connectivity index (χ1) is 28.4. The zero-order valence-corrected chi connectivity index (χ0v) is 38.9. The Morgan fingerprint density at radius 3 is 2.40 bits per heavy atom. The number of carbonyl (C=O) groups excluding carboxylic acids is 1. The van der Waals surface area contributed by atoms with Crippen LogP contribution in [0.3, 0.4) is 0 Å². The molecule has 0 aromatic heterocycles. The maximum absolute atomic E-state index is 14.8. The van der Waals surface area contributed by atoms with Crippen LogP contribution in [0.15, 0.2) is 65.8 Å². The SMILES string of the molecule is C=C(C)C[C@@H]1CC[C@]2(NCCN3CCCS(=O)(=O)CC3)CC[C@]3(C)[C@H](CCC4[C@@]5(C)CC=C(C6=CC[C@](CF)(C(=O)OCc7ccccc7)CC6)C(C)(C)C5CC[C@]43C)C12. The molecule has 5 fully saturated rings. The molecular weight excluding hydrogens is 768 g/mol. The van der Waals surface area contributed by atoms with Gasteiger partial charge in [-0.25, -0.2) is 12.8 Å². The first kappa shape index (κ1) is 44.3. The van der Waals surface area contributed by atoms with Gasteiger partial charge >= 0.3 is 5.97 Å². The lowest BCUT2D eigenvalue weighted by atomic mass is 9.33. The largest absolute Gasteiger partial charge is 0.460 e. The first-order valence-electron chi connectivity index (χ1n) is 23.9. The summed E-state index contributed by atoms with van der Waals surface area (Å²) in [6.07, 6.45) is 19.5. The summed E-state index contributed by atoms with van der Waals surface area (Å²) in [7, 11) is -2.91. The van der Waals surface area contributed by atoms with Crippen molar-refractivity contribution in [2.75, 3.05) is 44.4 Å². The molecule has 3 unspecified atom stereocenters. The van der Waals surface area contributed by atoms with E-state index in [4.69, 9.17) is 4.74 Å². The molecule has 1 N–H and O–H groups in total. The van der Waals surface area contributed by atoms with Gasteiger partial charge in [0.1, 0.15) is 13.3 Å². The zero-order valence-electron chi connectivity index (χ0n) is 38.1. The summed E-state index contributed by atoms with van der Waals surface area (Å²) in [5.41, 5.74) is 4.79. The molecular formula is C52H77FN2O4S. The molecule has 1 aromatic rings. The van der Waals surface area contributed by atoms with Gasteiger partial charge in [0.2, 0.25) is 0 Å². The third-order valence-electron chi connectivity index (χ3n) is 19.2. The third-order valence-corrected chi connectivity index (χ3v) is 20.9. The number of nitrogens with zero attached hydrogens (tertiary/aromatic N) is 1. The normalized spacial score (nSPS) is 41.0. The molecule has 8 rings (SSSR count). The van der Waals surface area contributed by atoms with Crippen molar-refractivity contribution < 1.29 is 22.3 Å². The van der Waals surface area contributed by atoms with Crippen LogP contribution in [0.5, 0.6) is 0 Å². The van der Waals surface area contributed by atoms with Crippen molar-refractivity contribution in [2.24, 2.45) is 56.7 Å². The predicted molar refractivity (Wildman–Crippen MR) is 242 cm³/mol. The molecule has 6 nitrogen and oxygen atoms in total. The van der Waals surface area contributed by atoms with Crippen LogP contribution >= 0.6 is 0 Å². The molecule has 0 radical (unpaired) electrons. The number of allylic oxidation sites excluding steroid dienone is 5. The molecule has 1 heterocycles. The Balaban J connectivity index is 0.998. The lowest BCUT2D eigenvalue weighted by Gasteiger charge is -2.72. The Morgan fingerprint density at radius 1 is 0.900 bits per heavy atom. The van der Waals surface area contributed by atoms with E-state index in [2.05, 4.69) is 70.5 Å². The van der Waals surface area contributed by atoms with E-state index in [0.717, 1.165) is 44.5 Å². The van der Waals surface area contributed by atoms with Crippen molar-refractivity contribution in [1.82, 2.24) is 10.2 Å². The van der Waals surface area contributed by atoms with Crippen LogP contribution in [-0.2, 0) is 26.0 Å². The number of carbonyl (C=O) groups is 1. The average Bonchev–Trinajstić information content (AvgIpc) is 3.46. The highest BCUT2D eigenvalue weighted by Gasteiger charge is 2.70. The first-order valence-corrected chi connectivity index (χ1v) is 25.7. The molecule has 10 atom stereocenters. The van der Waals surface area contributed by atoms with Gasteiger partial charge < -0.3 is 15.0 Å². The number of halogens is 1. The van der Waals surface area contributed by atoms with Crippen LogP contribution in [0, 0.1) is 56.7 Å². The number of sulfone groups is 1. The Labute approximate surface area is 362 Å². The molecule has 4 saturated carbocycles. The van der Waals surface area contributed by atoms with Gasteiger partial charge in [0.15, 0.2) is 9.84 Å². The Kier molecular flexibility index (Phi) is 12.1. The molecule has 0 spiro atoms. The molecule has 8 heteroatoms. The van der Waals surface area contributed by atoms with Gasteiger partial charge in [-0.3, -0.25) is 4.79 Å². The fourth-order valence-corrected chi connectivity index (χ4v) is 17.2. The minimum absolute atomic E-state index is 0.0112. The second-order valence-electron chi connectivity index (χ2n) is 22.5. The molecule has 332 valence electrons. The zero-order chi connectivity index (χ0) is 42.8. The monoisotopic (exact) mass is 845 g/mol. The summed E-state index contributed by atoms with van der Waals surface area (Å²) in [4.78, 5) is 15.8. The van der Waals surface area contributed by atoms with Crippen LogP contribution in [0.4, 0.5) is 4.39 Å². The second kappa shape index (κ2) is 16.4. The molecule has 1 aliphatic heterocycles. The highest BCUT2D eigenvalue weighted by atomic mass is 32.2. The van der Waals surface area contributed by atoms with Crippen LogP contribution in [0.25, 0.3) is 0 Å². The standard InChI is InChI=1S/C52H77FN2O4S/c1-37(2)34-40-18-25-52(54-28-30-55-29-11-32-60(57,58)33-31-55)27-26-49(6)42(45(40)52)14-15-44-48(5)21-19-41(47(3,4)43(48)20-22-50(44,49)7)39-16-23-51(36-53,24-17-39)46(56)59-35-38-12-9-8-10-13-38/h8-10,12-13,16,19,40,42-45,54H,1,11,14-15,17-18,20-36H2,2-7H3/t40-,42+,43?,44?,45?,48-,49+,50+,51-,52-/m0/s1. The van der Waals surface area contributed by atoms with E-state index in [1.165, 1.54) is 68.1 Å². The fourth-order valence-electron chi connectivity index (χ4n) is 15.9. The van der Waals surface area contributed by atoms with E-state index < -0.39 is 27.9 Å². The number of nitrogens with one attached hydrogen (secondary N) is 1. The van der Waals surface area contributed by atoms with Crippen LogP contribution < -0.4 is 5.32 Å². The van der Waals surface area contributed by atoms with Crippen molar-refractivity contribution in [3.05, 3.63) is 71.3 Å². The molecule has 0 bridgehead atoms. The van der Waals surface area contributed by atoms with Crippen LogP contribution in [-0.4, -0.2) is 69.2 Å². The number of hydrogen-bond acceptors (Lipinski definition) is 6. The summed E-state index contributed by atoms with van der Waals surface area (Å²) in [6, 6.07) is 9.68.